The molecule has 20 heavy (non-hydrogen) atoms. The first-order chi connectivity index (χ1) is 9.67. The van der Waals surface area contributed by atoms with Crippen molar-refractivity contribution in [1.82, 2.24) is 4.90 Å². The van der Waals surface area contributed by atoms with Gasteiger partial charge in [0.2, 0.25) is 0 Å². The largest absolute Gasteiger partial charge is 0.482 e. The van der Waals surface area contributed by atoms with Gasteiger partial charge < -0.3 is 9.64 Å². The van der Waals surface area contributed by atoms with Crippen LogP contribution in [0.1, 0.15) is 38.7 Å². The number of rotatable bonds is 4. The summed E-state index contributed by atoms with van der Waals surface area (Å²) in [6.45, 7) is 4.19. The van der Waals surface area contributed by atoms with Crippen LogP contribution in [0.25, 0.3) is 0 Å². The molecule has 1 amide bonds. The Labute approximate surface area is 120 Å². The van der Waals surface area contributed by atoms with Crippen LogP contribution in [-0.2, 0) is 4.79 Å². The smallest absolute Gasteiger partial charge is 0.260 e. The predicted molar refractivity (Wildman–Crippen MR) is 76.3 cm³/mol. The number of para-hydroxylation sites is 1. The van der Waals surface area contributed by atoms with Crippen molar-refractivity contribution in [3.05, 3.63) is 29.8 Å². The number of likely N-dealkylation sites (tertiary alicyclic amines) is 1. The van der Waals surface area contributed by atoms with Crippen molar-refractivity contribution < 1.29 is 9.53 Å². The average Bonchev–Trinajstić information content (AvgIpc) is 2.86. The average molecular weight is 272 g/mol. The van der Waals surface area contributed by atoms with Crippen LogP contribution in [0.4, 0.5) is 0 Å². The monoisotopic (exact) mass is 272 g/mol. The molecule has 2 unspecified atom stereocenters. The van der Waals surface area contributed by atoms with E-state index in [1.165, 1.54) is 0 Å². The molecule has 1 fully saturated rings. The van der Waals surface area contributed by atoms with E-state index in [1.54, 1.807) is 24.3 Å². The summed E-state index contributed by atoms with van der Waals surface area (Å²) in [6, 6.07) is 9.66. The third kappa shape index (κ3) is 2.93. The Kier molecular flexibility index (Phi) is 4.62. The molecule has 106 valence electrons. The fraction of sp³-hybridized carbons (Fsp3) is 0.500. The van der Waals surface area contributed by atoms with Crippen molar-refractivity contribution in [3.8, 4) is 11.8 Å². The van der Waals surface area contributed by atoms with Crippen molar-refractivity contribution in [3.63, 3.8) is 0 Å². The second-order valence-corrected chi connectivity index (χ2v) is 5.19. The Bertz CT molecular complexity index is 521. The standard InChI is InChI=1S/C16H20N2O2/c1-3-14-9-8-12(2)18(14)16(19)11-20-15-7-5-4-6-13(15)10-17/h4-7,12,14H,3,8-9,11H2,1-2H3. The molecule has 1 aromatic carbocycles. The van der Waals surface area contributed by atoms with Crippen LogP contribution < -0.4 is 4.74 Å². The molecule has 1 heterocycles. The first kappa shape index (κ1) is 14.4. The number of carbonyl (C=O) groups is 1. The van der Waals surface area contributed by atoms with Gasteiger partial charge in [0, 0.05) is 12.1 Å². The van der Waals surface area contributed by atoms with E-state index < -0.39 is 0 Å². The summed E-state index contributed by atoms with van der Waals surface area (Å²) in [5.74, 6) is 0.484. The van der Waals surface area contributed by atoms with Crippen LogP contribution in [0.2, 0.25) is 0 Å². The van der Waals surface area contributed by atoms with E-state index in [0.29, 0.717) is 17.4 Å². The third-order valence-corrected chi connectivity index (χ3v) is 3.90. The number of ether oxygens (including phenoxy) is 1. The van der Waals surface area contributed by atoms with Gasteiger partial charge in [0.05, 0.1) is 5.56 Å². The molecular formula is C16H20N2O2. The van der Waals surface area contributed by atoms with Crippen LogP contribution in [0, 0.1) is 11.3 Å². The second kappa shape index (κ2) is 6.42. The zero-order valence-corrected chi connectivity index (χ0v) is 12.0. The number of nitrogens with zero attached hydrogens (tertiary/aromatic N) is 2. The first-order valence-corrected chi connectivity index (χ1v) is 7.10. The molecule has 2 rings (SSSR count). The zero-order chi connectivity index (χ0) is 14.5. The van der Waals surface area contributed by atoms with E-state index in [1.807, 2.05) is 4.90 Å². The molecule has 4 heteroatoms. The van der Waals surface area contributed by atoms with Crippen molar-refractivity contribution in [2.24, 2.45) is 0 Å². The molecule has 0 saturated carbocycles. The summed E-state index contributed by atoms with van der Waals surface area (Å²) in [5.41, 5.74) is 0.460. The van der Waals surface area contributed by atoms with Crippen LogP contribution >= 0.6 is 0 Å². The second-order valence-electron chi connectivity index (χ2n) is 5.19. The number of amides is 1. The van der Waals surface area contributed by atoms with Crippen LogP contribution in [0.5, 0.6) is 5.75 Å². The normalized spacial score (nSPS) is 21.6. The van der Waals surface area contributed by atoms with E-state index in [0.717, 1.165) is 19.3 Å². The third-order valence-electron chi connectivity index (χ3n) is 3.90. The molecule has 1 aliphatic rings. The van der Waals surface area contributed by atoms with Gasteiger partial charge in [0.25, 0.3) is 5.91 Å². The van der Waals surface area contributed by atoms with Gasteiger partial charge in [-0.25, -0.2) is 0 Å². The number of hydrogen-bond donors (Lipinski definition) is 0. The number of carbonyl (C=O) groups excluding carboxylic acids is 1. The Morgan fingerprint density at radius 1 is 1.45 bits per heavy atom. The van der Waals surface area contributed by atoms with Gasteiger partial charge in [-0.1, -0.05) is 19.1 Å². The highest BCUT2D eigenvalue weighted by molar-refractivity contribution is 5.78. The van der Waals surface area contributed by atoms with Gasteiger partial charge in [-0.3, -0.25) is 4.79 Å². The summed E-state index contributed by atoms with van der Waals surface area (Å²) in [6.07, 6.45) is 3.10. The Hall–Kier alpha value is -2.02. The molecule has 1 aliphatic heterocycles. The van der Waals surface area contributed by atoms with Crippen molar-refractivity contribution in [1.29, 1.82) is 5.26 Å². The summed E-state index contributed by atoms with van der Waals surface area (Å²) < 4.78 is 5.53. The molecule has 2 atom stereocenters. The van der Waals surface area contributed by atoms with Crippen LogP contribution in [-0.4, -0.2) is 29.5 Å². The van der Waals surface area contributed by atoms with Gasteiger partial charge in [-0.05, 0) is 38.3 Å². The molecule has 4 nitrogen and oxygen atoms in total. The molecule has 0 aromatic heterocycles. The predicted octanol–water partition coefficient (Wildman–Crippen LogP) is 2.73. The highest BCUT2D eigenvalue weighted by Crippen LogP contribution is 2.26. The van der Waals surface area contributed by atoms with Gasteiger partial charge in [0.1, 0.15) is 11.8 Å². The maximum atomic E-state index is 12.3. The molecule has 0 aliphatic carbocycles. The summed E-state index contributed by atoms with van der Waals surface area (Å²) in [4.78, 5) is 14.3. The van der Waals surface area contributed by atoms with E-state index >= 15 is 0 Å². The van der Waals surface area contributed by atoms with Gasteiger partial charge >= 0.3 is 0 Å². The minimum atomic E-state index is -0.000463. The quantitative estimate of drug-likeness (QED) is 0.846. The van der Waals surface area contributed by atoms with Gasteiger partial charge in [0.15, 0.2) is 6.61 Å². The summed E-state index contributed by atoms with van der Waals surface area (Å²) in [7, 11) is 0. The lowest BCUT2D eigenvalue weighted by atomic mass is 10.1. The fourth-order valence-electron chi connectivity index (χ4n) is 2.82. The molecule has 0 bridgehead atoms. The van der Waals surface area contributed by atoms with E-state index in [4.69, 9.17) is 10.00 Å². The molecule has 0 N–H and O–H groups in total. The minimum Gasteiger partial charge on any atom is -0.482 e. The zero-order valence-electron chi connectivity index (χ0n) is 12.0. The molecule has 0 spiro atoms. The lowest BCUT2D eigenvalue weighted by Crippen LogP contribution is -2.42. The van der Waals surface area contributed by atoms with Crippen molar-refractivity contribution in [2.45, 2.75) is 45.2 Å². The maximum absolute atomic E-state index is 12.3. The first-order valence-electron chi connectivity index (χ1n) is 7.10. The lowest BCUT2D eigenvalue weighted by Gasteiger charge is -2.28. The topological polar surface area (TPSA) is 53.3 Å². The maximum Gasteiger partial charge on any atom is 0.260 e. The molecule has 1 saturated heterocycles. The number of hydrogen-bond acceptors (Lipinski definition) is 3. The molecule has 1 aromatic rings. The van der Waals surface area contributed by atoms with Gasteiger partial charge in [-0.15, -0.1) is 0 Å². The molecule has 0 radical (unpaired) electrons. The fourth-order valence-corrected chi connectivity index (χ4v) is 2.82. The van der Waals surface area contributed by atoms with Crippen molar-refractivity contribution in [2.75, 3.05) is 6.61 Å². The van der Waals surface area contributed by atoms with E-state index in [2.05, 4.69) is 19.9 Å². The SMILES string of the molecule is CCC1CCC(C)N1C(=O)COc1ccccc1C#N. The highest BCUT2D eigenvalue weighted by atomic mass is 16.5. The Balaban J connectivity index is 2.00. The minimum absolute atomic E-state index is 0.000463. The van der Waals surface area contributed by atoms with Crippen molar-refractivity contribution >= 4 is 5.91 Å². The summed E-state index contributed by atoms with van der Waals surface area (Å²) in [5, 5.41) is 8.99. The Morgan fingerprint density at radius 3 is 2.90 bits per heavy atom. The van der Waals surface area contributed by atoms with Crippen LogP contribution in [0.15, 0.2) is 24.3 Å². The lowest BCUT2D eigenvalue weighted by molar-refractivity contribution is -0.136. The Morgan fingerprint density at radius 2 is 2.20 bits per heavy atom. The summed E-state index contributed by atoms with van der Waals surface area (Å²) >= 11 is 0. The molecular weight excluding hydrogens is 252 g/mol. The van der Waals surface area contributed by atoms with Crippen LogP contribution in [0.3, 0.4) is 0 Å². The number of nitriles is 1. The number of benzene rings is 1. The van der Waals surface area contributed by atoms with E-state index in [-0.39, 0.29) is 18.6 Å². The highest BCUT2D eigenvalue weighted by Gasteiger charge is 2.33. The van der Waals surface area contributed by atoms with E-state index in [9.17, 15) is 4.79 Å². The van der Waals surface area contributed by atoms with Gasteiger partial charge in [-0.2, -0.15) is 5.26 Å².